The Labute approximate surface area is 137 Å². The number of esters is 2. The van der Waals surface area contributed by atoms with Gasteiger partial charge in [-0.25, -0.2) is 0 Å². The van der Waals surface area contributed by atoms with Crippen LogP contribution in [0.5, 0.6) is 0 Å². The fourth-order valence-corrected chi connectivity index (χ4v) is 2.16. The van der Waals surface area contributed by atoms with E-state index >= 15 is 0 Å². The molecule has 0 aliphatic carbocycles. The maximum absolute atomic E-state index is 11.4. The number of hydrogen-bond acceptors (Lipinski definition) is 4. The van der Waals surface area contributed by atoms with E-state index in [2.05, 4.69) is 15.9 Å². The minimum Gasteiger partial charge on any atom is -0.466 e. The minimum absolute atomic E-state index is 0.211. The first kappa shape index (κ1) is 20.4. The Balaban J connectivity index is 3.32. The van der Waals surface area contributed by atoms with Crippen molar-refractivity contribution in [2.75, 3.05) is 18.5 Å². The molecule has 0 aromatic carbocycles. The molecule has 0 aliphatic heterocycles. The zero-order valence-corrected chi connectivity index (χ0v) is 14.8. The first-order valence-electron chi connectivity index (χ1n) is 8.08. The molecule has 5 heteroatoms. The Hall–Kier alpha value is -0.580. The highest BCUT2D eigenvalue weighted by Crippen LogP contribution is 2.06. The van der Waals surface area contributed by atoms with Crippen LogP contribution in [0.15, 0.2) is 0 Å². The zero-order chi connectivity index (χ0) is 15.8. The Kier molecular flexibility index (Phi) is 15.4. The van der Waals surface area contributed by atoms with Gasteiger partial charge in [0.25, 0.3) is 0 Å². The smallest absolute Gasteiger partial charge is 0.305 e. The summed E-state index contributed by atoms with van der Waals surface area (Å²) >= 11 is 3.40. The minimum atomic E-state index is -0.219. The third-order valence-electron chi connectivity index (χ3n) is 3.06. The van der Waals surface area contributed by atoms with Crippen LogP contribution in [0.1, 0.15) is 71.1 Å². The molecule has 0 fully saturated rings. The zero-order valence-electron chi connectivity index (χ0n) is 13.2. The van der Waals surface area contributed by atoms with Gasteiger partial charge in [0.05, 0.1) is 13.2 Å². The molecule has 0 unspecified atom stereocenters. The summed E-state index contributed by atoms with van der Waals surface area (Å²) < 4.78 is 10.1. The van der Waals surface area contributed by atoms with Gasteiger partial charge in [-0.3, -0.25) is 9.59 Å². The average Bonchev–Trinajstić information content (AvgIpc) is 2.46. The predicted molar refractivity (Wildman–Crippen MR) is 87.6 cm³/mol. The second-order valence-electron chi connectivity index (χ2n) is 5.10. The monoisotopic (exact) mass is 364 g/mol. The third-order valence-corrected chi connectivity index (χ3v) is 3.62. The highest BCUT2D eigenvalue weighted by molar-refractivity contribution is 9.09. The van der Waals surface area contributed by atoms with E-state index in [1.54, 1.807) is 0 Å². The van der Waals surface area contributed by atoms with E-state index in [4.69, 9.17) is 9.47 Å². The van der Waals surface area contributed by atoms with Gasteiger partial charge in [-0.2, -0.15) is 0 Å². The van der Waals surface area contributed by atoms with E-state index in [0.717, 1.165) is 31.0 Å². The van der Waals surface area contributed by atoms with Gasteiger partial charge < -0.3 is 9.47 Å². The molecule has 0 aliphatic rings. The van der Waals surface area contributed by atoms with Crippen LogP contribution < -0.4 is 0 Å². The fraction of sp³-hybridized carbons (Fsp3) is 0.875. The molecule has 0 saturated heterocycles. The van der Waals surface area contributed by atoms with Crippen LogP contribution >= 0.6 is 15.9 Å². The number of halogens is 1. The SMILES string of the molecule is CCCCOC(=O)CCCC(=O)OCCCCCCCBr. The van der Waals surface area contributed by atoms with Gasteiger partial charge in [0.1, 0.15) is 0 Å². The van der Waals surface area contributed by atoms with Gasteiger partial charge in [0, 0.05) is 18.2 Å². The molecule has 0 amide bonds. The summed E-state index contributed by atoms with van der Waals surface area (Å²) in [6, 6.07) is 0. The lowest BCUT2D eigenvalue weighted by atomic mass is 10.2. The molecular formula is C16H29BrO4. The molecule has 0 saturated carbocycles. The molecule has 124 valence electrons. The molecule has 0 heterocycles. The van der Waals surface area contributed by atoms with Crippen molar-refractivity contribution in [3.8, 4) is 0 Å². The Morgan fingerprint density at radius 1 is 0.762 bits per heavy atom. The number of hydrogen-bond donors (Lipinski definition) is 0. The quantitative estimate of drug-likeness (QED) is 0.260. The highest BCUT2D eigenvalue weighted by Gasteiger charge is 2.07. The van der Waals surface area contributed by atoms with Crippen LogP contribution in [0.4, 0.5) is 0 Å². The van der Waals surface area contributed by atoms with Gasteiger partial charge in [-0.1, -0.05) is 48.5 Å². The van der Waals surface area contributed by atoms with Crippen molar-refractivity contribution < 1.29 is 19.1 Å². The summed E-state index contributed by atoms with van der Waals surface area (Å²) in [6.45, 7) is 3.02. The van der Waals surface area contributed by atoms with E-state index in [1.807, 2.05) is 6.92 Å². The number of carbonyl (C=O) groups excluding carboxylic acids is 2. The average molecular weight is 365 g/mol. The molecule has 0 aromatic rings. The van der Waals surface area contributed by atoms with Crippen LogP contribution in [-0.2, 0) is 19.1 Å². The van der Waals surface area contributed by atoms with Crippen molar-refractivity contribution >= 4 is 27.9 Å². The molecule has 0 aromatic heterocycles. The van der Waals surface area contributed by atoms with E-state index in [1.165, 1.54) is 19.3 Å². The third kappa shape index (κ3) is 15.6. The molecule has 0 atom stereocenters. The van der Waals surface area contributed by atoms with Gasteiger partial charge in [-0.15, -0.1) is 0 Å². The number of alkyl halides is 1. The van der Waals surface area contributed by atoms with Crippen molar-refractivity contribution in [1.29, 1.82) is 0 Å². The van der Waals surface area contributed by atoms with E-state index in [9.17, 15) is 9.59 Å². The van der Waals surface area contributed by atoms with Crippen molar-refractivity contribution in [2.24, 2.45) is 0 Å². The summed E-state index contributed by atoms with van der Waals surface area (Å²) in [5.74, 6) is -0.431. The Morgan fingerprint density at radius 2 is 1.29 bits per heavy atom. The largest absolute Gasteiger partial charge is 0.466 e. The summed E-state index contributed by atoms with van der Waals surface area (Å²) in [6.07, 6.45) is 8.64. The summed E-state index contributed by atoms with van der Waals surface area (Å²) in [5, 5.41) is 1.06. The first-order chi connectivity index (χ1) is 10.2. The lowest BCUT2D eigenvalue weighted by Crippen LogP contribution is -2.09. The first-order valence-corrected chi connectivity index (χ1v) is 9.20. The number of rotatable bonds is 14. The lowest BCUT2D eigenvalue weighted by Gasteiger charge is -2.05. The predicted octanol–water partition coefficient (Wildman–Crippen LogP) is 4.39. The molecule has 4 nitrogen and oxygen atoms in total. The maximum atomic E-state index is 11.4. The van der Waals surface area contributed by atoms with Crippen molar-refractivity contribution in [3.63, 3.8) is 0 Å². The molecule has 21 heavy (non-hydrogen) atoms. The Morgan fingerprint density at radius 3 is 1.86 bits per heavy atom. The van der Waals surface area contributed by atoms with Crippen LogP contribution in [0, 0.1) is 0 Å². The summed E-state index contributed by atoms with van der Waals surface area (Å²) in [5.41, 5.74) is 0. The van der Waals surface area contributed by atoms with Crippen LogP contribution in [-0.4, -0.2) is 30.5 Å². The fourth-order valence-electron chi connectivity index (χ4n) is 1.76. The molecule has 0 spiro atoms. The summed E-state index contributed by atoms with van der Waals surface area (Å²) in [4.78, 5) is 22.7. The van der Waals surface area contributed by atoms with E-state index in [-0.39, 0.29) is 11.9 Å². The van der Waals surface area contributed by atoms with Gasteiger partial charge in [-0.05, 0) is 25.7 Å². The normalized spacial score (nSPS) is 10.4. The lowest BCUT2D eigenvalue weighted by molar-refractivity contribution is -0.145. The highest BCUT2D eigenvalue weighted by atomic mass is 79.9. The molecule has 0 N–H and O–H groups in total. The van der Waals surface area contributed by atoms with Crippen LogP contribution in [0.25, 0.3) is 0 Å². The number of carbonyl (C=O) groups is 2. The topological polar surface area (TPSA) is 52.6 Å². The van der Waals surface area contributed by atoms with E-state index < -0.39 is 0 Å². The van der Waals surface area contributed by atoms with E-state index in [0.29, 0.717) is 32.5 Å². The molecule has 0 radical (unpaired) electrons. The van der Waals surface area contributed by atoms with Crippen molar-refractivity contribution in [3.05, 3.63) is 0 Å². The standard InChI is InChI=1S/C16H29BrO4/c1-2-3-13-20-15(18)10-9-11-16(19)21-14-8-6-4-5-7-12-17/h2-14H2,1H3. The molecular weight excluding hydrogens is 336 g/mol. The number of unbranched alkanes of at least 4 members (excludes halogenated alkanes) is 5. The second kappa shape index (κ2) is 15.8. The van der Waals surface area contributed by atoms with Crippen LogP contribution in [0.2, 0.25) is 0 Å². The molecule has 0 rings (SSSR count). The van der Waals surface area contributed by atoms with Gasteiger partial charge >= 0.3 is 11.9 Å². The van der Waals surface area contributed by atoms with Crippen LogP contribution in [0.3, 0.4) is 0 Å². The summed E-state index contributed by atoms with van der Waals surface area (Å²) in [7, 11) is 0. The Bertz CT molecular complexity index is 269. The van der Waals surface area contributed by atoms with Gasteiger partial charge in [0.15, 0.2) is 0 Å². The van der Waals surface area contributed by atoms with Crippen molar-refractivity contribution in [2.45, 2.75) is 71.1 Å². The van der Waals surface area contributed by atoms with Gasteiger partial charge in [0.2, 0.25) is 0 Å². The maximum Gasteiger partial charge on any atom is 0.305 e. The number of ether oxygens (including phenoxy) is 2. The van der Waals surface area contributed by atoms with Crippen molar-refractivity contribution in [1.82, 2.24) is 0 Å². The second-order valence-corrected chi connectivity index (χ2v) is 5.90. The molecule has 0 bridgehead atoms.